The van der Waals surface area contributed by atoms with E-state index in [2.05, 4.69) is 14.8 Å². The molecule has 5 heteroatoms. The molecule has 1 amide bonds. The minimum absolute atomic E-state index is 0.134. The third kappa shape index (κ3) is 2.94. The van der Waals surface area contributed by atoms with Crippen LogP contribution in [0.5, 0.6) is 0 Å². The molecule has 3 aliphatic rings. The van der Waals surface area contributed by atoms with Crippen LogP contribution in [0.15, 0.2) is 18.3 Å². The van der Waals surface area contributed by atoms with Crippen LogP contribution in [0.2, 0.25) is 0 Å². The number of ether oxygens (including phenoxy) is 1. The molecule has 4 rings (SSSR count). The number of anilines is 1. The SMILES string of the molecule is O=C(c1cc(N2CCOCC2)ccn1)N(C1CCC1)C1CCC1. The molecule has 3 fully saturated rings. The summed E-state index contributed by atoms with van der Waals surface area (Å²) in [6.45, 7) is 3.27. The predicted molar refractivity (Wildman–Crippen MR) is 88.7 cm³/mol. The molecular weight excluding hydrogens is 290 g/mol. The third-order valence-electron chi connectivity index (χ3n) is 5.51. The molecule has 2 heterocycles. The van der Waals surface area contributed by atoms with Crippen molar-refractivity contribution in [1.82, 2.24) is 9.88 Å². The number of rotatable bonds is 4. The van der Waals surface area contributed by atoms with Crippen LogP contribution in [0.3, 0.4) is 0 Å². The minimum Gasteiger partial charge on any atom is -0.378 e. The maximum atomic E-state index is 13.1. The molecule has 124 valence electrons. The smallest absolute Gasteiger partial charge is 0.273 e. The van der Waals surface area contributed by atoms with E-state index in [1.165, 1.54) is 12.8 Å². The molecule has 5 nitrogen and oxygen atoms in total. The van der Waals surface area contributed by atoms with E-state index in [0.29, 0.717) is 17.8 Å². The highest BCUT2D eigenvalue weighted by Crippen LogP contribution is 2.35. The number of nitrogens with zero attached hydrogens (tertiary/aromatic N) is 3. The quantitative estimate of drug-likeness (QED) is 0.856. The highest BCUT2D eigenvalue weighted by atomic mass is 16.5. The lowest BCUT2D eigenvalue weighted by atomic mass is 9.84. The van der Waals surface area contributed by atoms with Crippen molar-refractivity contribution in [2.24, 2.45) is 0 Å². The van der Waals surface area contributed by atoms with Crippen molar-refractivity contribution in [3.05, 3.63) is 24.0 Å². The number of amides is 1. The maximum Gasteiger partial charge on any atom is 0.273 e. The molecule has 0 unspecified atom stereocenters. The monoisotopic (exact) mass is 315 g/mol. The Morgan fingerprint density at radius 2 is 1.78 bits per heavy atom. The summed E-state index contributed by atoms with van der Waals surface area (Å²) >= 11 is 0. The average molecular weight is 315 g/mol. The minimum atomic E-state index is 0.134. The van der Waals surface area contributed by atoms with Gasteiger partial charge in [-0.15, -0.1) is 0 Å². The summed E-state index contributed by atoms with van der Waals surface area (Å²) < 4.78 is 5.41. The molecular formula is C18H25N3O2. The molecule has 1 aromatic heterocycles. The van der Waals surface area contributed by atoms with Gasteiger partial charge >= 0.3 is 0 Å². The first-order valence-electron chi connectivity index (χ1n) is 8.94. The molecule has 0 aromatic carbocycles. The Morgan fingerprint density at radius 1 is 1.13 bits per heavy atom. The van der Waals surface area contributed by atoms with Crippen molar-refractivity contribution in [1.29, 1.82) is 0 Å². The Morgan fingerprint density at radius 3 is 2.35 bits per heavy atom. The van der Waals surface area contributed by atoms with Crippen LogP contribution in [0, 0.1) is 0 Å². The molecule has 2 saturated carbocycles. The van der Waals surface area contributed by atoms with Gasteiger partial charge in [0.05, 0.1) is 13.2 Å². The molecule has 2 aliphatic carbocycles. The van der Waals surface area contributed by atoms with E-state index in [1.54, 1.807) is 6.20 Å². The summed E-state index contributed by atoms with van der Waals surface area (Å²) in [7, 11) is 0. The van der Waals surface area contributed by atoms with Crippen molar-refractivity contribution in [3.63, 3.8) is 0 Å². The van der Waals surface area contributed by atoms with Gasteiger partial charge in [0.15, 0.2) is 0 Å². The Balaban J connectivity index is 1.54. The molecule has 0 spiro atoms. The number of pyridine rings is 1. The fourth-order valence-corrected chi connectivity index (χ4v) is 3.65. The molecule has 0 bridgehead atoms. The van der Waals surface area contributed by atoms with Crippen molar-refractivity contribution in [2.75, 3.05) is 31.2 Å². The van der Waals surface area contributed by atoms with Crippen molar-refractivity contribution >= 4 is 11.6 Å². The van der Waals surface area contributed by atoms with Gasteiger partial charge in [0, 0.05) is 37.1 Å². The van der Waals surface area contributed by atoms with Crippen LogP contribution in [-0.2, 0) is 4.74 Å². The summed E-state index contributed by atoms with van der Waals surface area (Å²) in [4.78, 5) is 21.9. The Bertz CT molecular complexity index is 549. The number of morpholine rings is 1. The fraction of sp³-hybridized carbons (Fsp3) is 0.667. The maximum absolute atomic E-state index is 13.1. The normalized spacial score (nSPS) is 22.3. The molecule has 0 atom stereocenters. The second-order valence-corrected chi connectivity index (χ2v) is 6.88. The van der Waals surface area contributed by atoms with Gasteiger partial charge in [-0.3, -0.25) is 9.78 Å². The lowest BCUT2D eigenvalue weighted by molar-refractivity contribution is 0.0280. The summed E-state index contributed by atoms with van der Waals surface area (Å²) in [6.07, 6.45) is 8.91. The zero-order valence-corrected chi connectivity index (χ0v) is 13.6. The van der Waals surface area contributed by atoms with Crippen LogP contribution < -0.4 is 4.90 Å². The van der Waals surface area contributed by atoms with Crippen LogP contribution in [0.1, 0.15) is 49.0 Å². The van der Waals surface area contributed by atoms with Gasteiger partial charge in [-0.25, -0.2) is 0 Å². The molecule has 1 saturated heterocycles. The van der Waals surface area contributed by atoms with Crippen molar-refractivity contribution in [2.45, 2.75) is 50.6 Å². The Kier molecular flexibility index (Phi) is 4.21. The lowest BCUT2D eigenvalue weighted by Gasteiger charge is -2.46. The summed E-state index contributed by atoms with van der Waals surface area (Å²) in [6, 6.07) is 4.86. The van der Waals surface area contributed by atoms with E-state index >= 15 is 0 Å². The van der Waals surface area contributed by atoms with Gasteiger partial charge in [0.2, 0.25) is 0 Å². The van der Waals surface area contributed by atoms with Crippen LogP contribution in [0.25, 0.3) is 0 Å². The van der Waals surface area contributed by atoms with Crippen LogP contribution in [-0.4, -0.2) is 54.2 Å². The summed E-state index contributed by atoms with van der Waals surface area (Å²) in [5.41, 5.74) is 1.70. The summed E-state index contributed by atoms with van der Waals surface area (Å²) in [5.74, 6) is 0.134. The second-order valence-electron chi connectivity index (χ2n) is 6.88. The van der Waals surface area contributed by atoms with Gasteiger partial charge in [-0.1, -0.05) is 0 Å². The standard InChI is InChI=1S/C18H25N3O2/c22-18(21(14-3-1-4-14)15-5-2-6-15)17-13-16(7-8-19-17)20-9-11-23-12-10-20/h7-8,13-15H,1-6,9-12H2. The highest BCUT2D eigenvalue weighted by Gasteiger charge is 2.37. The van der Waals surface area contributed by atoms with E-state index in [1.807, 2.05) is 12.1 Å². The Hall–Kier alpha value is -1.62. The molecule has 0 radical (unpaired) electrons. The number of hydrogen-bond acceptors (Lipinski definition) is 4. The zero-order chi connectivity index (χ0) is 15.6. The second kappa shape index (κ2) is 6.48. The largest absolute Gasteiger partial charge is 0.378 e. The van der Waals surface area contributed by atoms with Crippen LogP contribution >= 0.6 is 0 Å². The van der Waals surface area contributed by atoms with Gasteiger partial charge in [-0.05, 0) is 50.7 Å². The molecule has 1 aromatic rings. The number of carbonyl (C=O) groups excluding carboxylic acids is 1. The van der Waals surface area contributed by atoms with Gasteiger partial charge < -0.3 is 14.5 Å². The van der Waals surface area contributed by atoms with E-state index in [0.717, 1.165) is 57.7 Å². The predicted octanol–water partition coefficient (Wildman–Crippen LogP) is 2.47. The number of aromatic nitrogens is 1. The van der Waals surface area contributed by atoms with Gasteiger partial charge in [0.1, 0.15) is 5.69 Å². The molecule has 0 N–H and O–H groups in total. The third-order valence-corrected chi connectivity index (χ3v) is 5.51. The first-order chi connectivity index (χ1) is 11.3. The number of carbonyl (C=O) groups is 1. The lowest BCUT2D eigenvalue weighted by Crippen LogP contribution is -2.52. The molecule has 1 aliphatic heterocycles. The van der Waals surface area contributed by atoms with E-state index in [-0.39, 0.29) is 5.91 Å². The van der Waals surface area contributed by atoms with E-state index < -0.39 is 0 Å². The van der Waals surface area contributed by atoms with Crippen LogP contribution in [0.4, 0.5) is 5.69 Å². The van der Waals surface area contributed by atoms with Gasteiger partial charge in [-0.2, -0.15) is 0 Å². The van der Waals surface area contributed by atoms with E-state index in [9.17, 15) is 4.79 Å². The molecule has 23 heavy (non-hydrogen) atoms. The summed E-state index contributed by atoms with van der Waals surface area (Å²) in [5, 5.41) is 0. The van der Waals surface area contributed by atoms with Crippen molar-refractivity contribution in [3.8, 4) is 0 Å². The fourth-order valence-electron chi connectivity index (χ4n) is 3.65. The first kappa shape index (κ1) is 14.9. The Labute approximate surface area is 137 Å². The zero-order valence-electron chi connectivity index (χ0n) is 13.6. The highest BCUT2D eigenvalue weighted by molar-refractivity contribution is 5.93. The van der Waals surface area contributed by atoms with Gasteiger partial charge in [0.25, 0.3) is 5.91 Å². The van der Waals surface area contributed by atoms with Crippen molar-refractivity contribution < 1.29 is 9.53 Å². The average Bonchev–Trinajstić information content (AvgIpc) is 2.51. The van der Waals surface area contributed by atoms with E-state index in [4.69, 9.17) is 4.74 Å². The number of hydrogen-bond donors (Lipinski definition) is 0. The first-order valence-corrected chi connectivity index (χ1v) is 8.94. The topological polar surface area (TPSA) is 45.7 Å².